The van der Waals surface area contributed by atoms with Crippen LogP contribution in [-0.4, -0.2) is 31.3 Å². The zero-order valence-electron chi connectivity index (χ0n) is 13.8. The summed E-state index contributed by atoms with van der Waals surface area (Å²) in [5.41, 5.74) is 1.07. The van der Waals surface area contributed by atoms with Crippen molar-refractivity contribution >= 4 is 5.91 Å². The first-order valence-corrected chi connectivity index (χ1v) is 7.49. The van der Waals surface area contributed by atoms with E-state index in [-0.39, 0.29) is 30.2 Å². The number of halogens is 3. The van der Waals surface area contributed by atoms with Gasteiger partial charge in [-0.05, 0) is 23.8 Å². The molecule has 0 aliphatic rings. The molecular formula is C18H18F3NO3. The molecular weight excluding hydrogens is 335 g/mol. The topological polar surface area (TPSA) is 38.8 Å². The van der Waals surface area contributed by atoms with Crippen molar-refractivity contribution in [3.63, 3.8) is 0 Å². The summed E-state index contributed by atoms with van der Waals surface area (Å²) in [6, 6.07) is 12.8. The van der Waals surface area contributed by atoms with E-state index in [1.807, 2.05) is 0 Å². The molecule has 0 unspecified atom stereocenters. The fraction of sp³-hybridized carbons (Fsp3) is 0.278. The molecule has 0 saturated carbocycles. The van der Waals surface area contributed by atoms with E-state index in [9.17, 15) is 18.0 Å². The summed E-state index contributed by atoms with van der Waals surface area (Å²) in [7, 11) is 3.09. The van der Waals surface area contributed by atoms with Crippen LogP contribution in [0.3, 0.4) is 0 Å². The molecule has 0 aliphatic heterocycles. The summed E-state index contributed by atoms with van der Waals surface area (Å²) >= 11 is 0. The molecule has 2 rings (SSSR count). The highest BCUT2D eigenvalue weighted by Gasteiger charge is 2.32. The summed E-state index contributed by atoms with van der Waals surface area (Å²) in [4.78, 5) is 13.7. The summed E-state index contributed by atoms with van der Waals surface area (Å²) < 4.78 is 46.4. The highest BCUT2D eigenvalue weighted by Crippen LogP contribution is 2.27. The lowest BCUT2D eigenvalue weighted by Crippen LogP contribution is -2.28. The van der Waals surface area contributed by atoms with Crippen LogP contribution in [0.25, 0.3) is 0 Å². The van der Waals surface area contributed by atoms with Crippen molar-refractivity contribution in [3.8, 4) is 11.5 Å². The Labute approximate surface area is 143 Å². The van der Waals surface area contributed by atoms with Gasteiger partial charge in [-0.2, -0.15) is 0 Å². The Balaban J connectivity index is 2.03. The van der Waals surface area contributed by atoms with E-state index in [2.05, 4.69) is 4.74 Å². The van der Waals surface area contributed by atoms with Crippen molar-refractivity contribution in [1.29, 1.82) is 0 Å². The van der Waals surface area contributed by atoms with Gasteiger partial charge in [-0.3, -0.25) is 4.79 Å². The number of rotatable bonds is 6. The molecule has 2 aromatic rings. The van der Waals surface area contributed by atoms with Crippen LogP contribution in [0, 0.1) is 0 Å². The Morgan fingerprint density at radius 3 is 2.32 bits per heavy atom. The summed E-state index contributed by atoms with van der Waals surface area (Å²) in [6.07, 6.45) is -4.63. The van der Waals surface area contributed by atoms with Gasteiger partial charge >= 0.3 is 6.36 Å². The number of methoxy groups -OCH3 is 1. The number of nitrogens with zero attached hydrogens (tertiary/aromatic N) is 1. The molecule has 0 radical (unpaired) electrons. The zero-order valence-corrected chi connectivity index (χ0v) is 13.8. The third kappa shape index (κ3) is 5.70. The molecule has 4 nitrogen and oxygen atoms in total. The van der Waals surface area contributed by atoms with Crippen molar-refractivity contribution in [2.45, 2.75) is 19.3 Å². The molecule has 25 heavy (non-hydrogen) atoms. The number of alkyl halides is 3. The monoisotopic (exact) mass is 353 g/mol. The third-order valence-corrected chi connectivity index (χ3v) is 3.55. The van der Waals surface area contributed by atoms with E-state index >= 15 is 0 Å². The van der Waals surface area contributed by atoms with Crippen LogP contribution in [0.1, 0.15) is 11.1 Å². The van der Waals surface area contributed by atoms with Gasteiger partial charge in [0.25, 0.3) is 0 Å². The number of hydrogen-bond acceptors (Lipinski definition) is 3. The van der Waals surface area contributed by atoms with Gasteiger partial charge in [0.1, 0.15) is 11.5 Å². The Hall–Kier alpha value is -2.70. The lowest BCUT2D eigenvalue weighted by atomic mass is 10.1. The molecule has 0 spiro atoms. The smallest absolute Gasteiger partial charge is 0.497 e. The van der Waals surface area contributed by atoms with Crippen molar-refractivity contribution in [2.75, 3.05) is 14.2 Å². The maximum absolute atomic E-state index is 12.5. The first-order chi connectivity index (χ1) is 11.8. The number of benzene rings is 2. The summed E-state index contributed by atoms with van der Waals surface area (Å²) in [6.45, 7) is 0.0151. The maximum Gasteiger partial charge on any atom is 0.573 e. The average Bonchev–Trinajstić information content (AvgIpc) is 2.56. The minimum absolute atomic E-state index is 0.0151. The van der Waals surface area contributed by atoms with Gasteiger partial charge in [-0.15, -0.1) is 13.2 Å². The Bertz CT molecular complexity index is 714. The van der Waals surface area contributed by atoms with E-state index in [0.29, 0.717) is 5.75 Å². The van der Waals surface area contributed by atoms with Crippen LogP contribution in [-0.2, 0) is 17.8 Å². The van der Waals surface area contributed by atoms with E-state index in [4.69, 9.17) is 4.74 Å². The molecule has 0 aromatic heterocycles. The van der Waals surface area contributed by atoms with E-state index in [1.165, 1.54) is 30.1 Å². The van der Waals surface area contributed by atoms with Crippen molar-refractivity contribution < 1.29 is 27.4 Å². The molecule has 134 valence electrons. The molecule has 0 N–H and O–H groups in total. The zero-order chi connectivity index (χ0) is 18.4. The highest BCUT2D eigenvalue weighted by atomic mass is 19.4. The summed E-state index contributed by atoms with van der Waals surface area (Å²) in [5, 5.41) is 0. The maximum atomic E-state index is 12.5. The van der Waals surface area contributed by atoms with E-state index < -0.39 is 6.36 Å². The second-order valence-corrected chi connectivity index (χ2v) is 5.43. The van der Waals surface area contributed by atoms with E-state index in [1.54, 1.807) is 37.4 Å². The van der Waals surface area contributed by atoms with Crippen LogP contribution in [0.4, 0.5) is 13.2 Å². The second kappa shape index (κ2) is 7.92. The Morgan fingerprint density at radius 1 is 1.08 bits per heavy atom. The first kappa shape index (κ1) is 18.6. The van der Waals surface area contributed by atoms with Crippen molar-refractivity contribution in [2.24, 2.45) is 0 Å². The molecule has 0 atom stereocenters. The number of carbonyl (C=O) groups is 1. The van der Waals surface area contributed by atoms with Gasteiger partial charge in [0, 0.05) is 19.2 Å². The Morgan fingerprint density at radius 2 is 1.72 bits per heavy atom. The largest absolute Gasteiger partial charge is 0.573 e. The molecule has 0 aliphatic carbocycles. The van der Waals surface area contributed by atoms with Gasteiger partial charge in [0.05, 0.1) is 13.5 Å². The van der Waals surface area contributed by atoms with Crippen LogP contribution in [0.2, 0.25) is 0 Å². The van der Waals surface area contributed by atoms with Gasteiger partial charge in [0.2, 0.25) is 5.91 Å². The molecule has 0 bridgehead atoms. The predicted octanol–water partition coefficient (Wildman–Crippen LogP) is 3.79. The highest BCUT2D eigenvalue weighted by molar-refractivity contribution is 5.78. The van der Waals surface area contributed by atoms with Crippen molar-refractivity contribution in [3.05, 3.63) is 59.7 Å². The van der Waals surface area contributed by atoms with Crippen LogP contribution in [0.15, 0.2) is 48.5 Å². The van der Waals surface area contributed by atoms with Crippen LogP contribution in [0.5, 0.6) is 11.5 Å². The number of ether oxygens (including phenoxy) is 2. The predicted molar refractivity (Wildman–Crippen MR) is 86.3 cm³/mol. The molecule has 1 amide bonds. The Kier molecular flexibility index (Phi) is 5.90. The minimum Gasteiger partial charge on any atom is -0.497 e. The second-order valence-electron chi connectivity index (χ2n) is 5.43. The number of hydrogen-bond donors (Lipinski definition) is 0. The van der Waals surface area contributed by atoms with Crippen LogP contribution >= 0.6 is 0 Å². The minimum atomic E-state index is -4.78. The molecule has 2 aromatic carbocycles. The summed E-state index contributed by atoms with van der Waals surface area (Å²) in [5.74, 6) is 0.161. The lowest BCUT2D eigenvalue weighted by Gasteiger charge is -2.20. The van der Waals surface area contributed by atoms with Crippen LogP contribution < -0.4 is 9.47 Å². The number of likely N-dealkylation sites (N-methyl/N-ethyl adjacent to an activating group) is 1. The third-order valence-electron chi connectivity index (χ3n) is 3.55. The van der Waals surface area contributed by atoms with Gasteiger partial charge < -0.3 is 14.4 Å². The fourth-order valence-electron chi connectivity index (χ4n) is 2.26. The molecule has 0 fully saturated rings. The standard InChI is InChI=1S/C18H18F3NO3/c1-22(17(23)11-13-7-9-15(24-2)10-8-13)12-14-5-3-4-6-16(14)25-18(19,20)21/h3-10H,11-12H2,1-2H3. The van der Waals surface area contributed by atoms with Crippen molar-refractivity contribution in [1.82, 2.24) is 4.90 Å². The van der Waals surface area contributed by atoms with E-state index in [0.717, 1.165) is 5.56 Å². The molecule has 0 saturated heterocycles. The number of amides is 1. The molecule has 0 heterocycles. The van der Waals surface area contributed by atoms with Gasteiger partial charge in [-0.25, -0.2) is 0 Å². The SMILES string of the molecule is COc1ccc(CC(=O)N(C)Cc2ccccc2OC(F)(F)F)cc1. The first-order valence-electron chi connectivity index (χ1n) is 7.49. The average molecular weight is 353 g/mol. The lowest BCUT2D eigenvalue weighted by molar-refractivity contribution is -0.275. The number of para-hydroxylation sites is 1. The normalized spacial score (nSPS) is 11.1. The number of carbonyl (C=O) groups excluding carboxylic acids is 1. The fourth-order valence-corrected chi connectivity index (χ4v) is 2.26. The van der Waals surface area contributed by atoms with Gasteiger partial charge in [0.15, 0.2) is 0 Å². The quantitative estimate of drug-likeness (QED) is 0.793. The van der Waals surface area contributed by atoms with Gasteiger partial charge in [-0.1, -0.05) is 30.3 Å². The molecule has 7 heteroatoms.